The molecule has 0 unspecified atom stereocenters. The first-order chi connectivity index (χ1) is 12.9. The Balaban J connectivity index is 2.22. The molecule has 1 aliphatic heterocycles. The lowest BCUT2D eigenvalue weighted by Crippen LogP contribution is -2.18. The summed E-state index contributed by atoms with van der Waals surface area (Å²) in [7, 11) is 3.35. The summed E-state index contributed by atoms with van der Waals surface area (Å²) in [6, 6.07) is 6.00. The van der Waals surface area contributed by atoms with Crippen LogP contribution in [-0.2, 0) is 6.54 Å². The third kappa shape index (κ3) is 2.13. The summed E-state index contributed by atoms with van der Waals surface area (Å²) in [5.41, 5.74) is 11.2. The van der Waals surface area contributed by atoms with Crippen LogP contribution >= 0.6 is 0 Å². The van der Waals surface area contributed by atoms with Gasteiger partial charge < -0.3 is 15.4 Å². The molecule has 0 fully saturated rings. The average molecular weight is 361 g/mol. The second-order valence-electron chi connectivity index (χ2n) is 6.77. The van der Waals surface area contributed by atoms with Crippen molar-refractivity contribution in [2.24, 2.45) is 0 Å². The molecule has 4 rings (SSSR count). The minimum absolute atomic E-state index is 0.121. The smallest absolute Gasteiger partial charge is 0.258 e. The number of methoxy groups -OCH3 is 1. The molecule has 1 amide bonds. The molecule has 3 aromatic rings. The van der Waals surface area contributed by atoms with Gasteiger partial charge in [0.15, 0.2) is 0 Å². The van der Waals surface area contributed by atoms with Gasteiger partial charge in [-0.25, -0.2) is 0 Å². The summed E-state index contributed by atoms with van der Waals surface area (Å²) in [5.74, 6) is 0.888. The number of nitrogens with two attached hydrogens (primary N) is 1. The third-order valence-corrected chi connectivity index (χ3v) is 5.21. The minimum Gasteiger partial charge on any atom is -0.496 e. The number of nitriles is 1. The van der Waals surface area contributed by atoms with Gasteiger partial charge >= 0.3 is 0 Å². The minimum atomic E-state index is -0.121. The standard InChI is InChI=1S/C20H19N5O2/c1-10-5-6-15(27-4)11(2)17(10)25-18-13(12(7-21)19(25)22)8-23-14-9-24(3)20(26)16(14)18/h5-6,8H,9,22H2,1-4H3. The Kier molecular flexibility index (Phi) is 3.60. The van der Waals surface area contributed by atoms with Crippen molar-refractivity contribution in [2.45, 2.75) is 20.4 Å². The van der Waals surface area contributed by atoms with Gasteiger partial charge in [0.1, 0.15) is 23.2 Å². The van der Waals surface area contributed by atoms with Crippen molar-refractivity contribution < 1.29 is 9.53 Å². The van der Waals surface area contributed by atoms with Crippen LogP contribution < -0.4 is 10.5 Å². The molecule has 27 heavy (non-hydrogen) atoms. The predicted octanol–water partition coefficient (Wildman–Crippen LogP) is 2.69. The Hall–Kier alpha value is -3.53. The first-order valence-electron chi connectivity index (χ1n) is 8.52. The van der Waals surface area contributed by atoms with E-state index in [4.69, 9.17) is 10.5 Å². The normalized spacial score (nSPS) is 13.1. The third-order valence-electron chi connectivity index (χ3n) is 5.21. The number of amides is 1. The van der Waals surface area contributed by atoms with E-state index in [-0.39, 0.29) is 5.91 Å². The maximum Gasteiger partial charge on any atom is 0.258 e. The number of rotatable bonds is 2. The highest BCUT2D eigenvalue weighted by Gasteiger charge is 2.32. The molecule has 0 radical (unpaired) electrons. The molecule has 7 heteroatoms. The van der Waals surface area contributed by atoms with E-state index in [0.717, 1.165) is 16.8 Å². The Morgan fingerprint density at radius 2 is 2.07 bits per heavy atom. The molecule has 2 N–H and O–H groups in total. The molecule has 0 saturated heterocycles. The number of aryl methyl sites for hydroxylation is 1. The number of anilines is 1. The molecule has 136 valence electrons. The highest BCUT2D eigenvalue weighted by Crippen LogP contribution is 2.39. The summed E-state index contributed by atoms with van der Waals surface area (Å²) in [6.07, 6.45) is 1.64. The number of ether oxygens (including phenoxy) is 1. The zero-order chi connectivity index (χ0) is 19.5. The molecule has 0 aliphatic carbocycles. The van der Waals surface area contributed by atoms with Crippen LogP contribution in [0.4, 0.5) is 5.82 Å². The van der Waals surface area contributed by atoms with Gasteiger partial charge in [-0.1, -0.05) is 6.07 Å². The van der Waals surface area contributed by atoms with E-state index < -0.39 is 0 Å². The summed E-state index contributed by atoms with van der Waals surface area (Å²) < 4.78 is 7.28. The SMILES string of the molecule is COc1ccc(C)c(-n2c(N)c(C#N)c3cnc4c(c32)C(=O)N(C)C4)c1C. The van der Waals surface area contributed by atoms with Gasteiger partial charge in [-0.15, -0.1) is 0 Å². The van der Waals surface area contributed by atoms with Gasteiger partial charge in [0.05, 0.1) is 36.1 Å². The van der Waals surface area contributed by atoms with Crippen LogP contribution in [0.3, 0.4) is 0 Å². The summed E-state index contributed by atoms with van der Waals surface area (Å²) in [5, 5.41) is 10.3. The molecule has 1 aromatic carbocycles. The van der Waals surface area contributed by atoms with Crippen molar-refractivity contribution in [3.8, 4) is 17.5 Å². The number of benzene rings is 1. The van der Waals surface area contributed by atoms with E-state index in [9.17, 15) is 10.1 Å². The zero-order valence-corrected chi connectivity index (χ0v) is 15.6. The molecule has 0 bridgehead atoms. The quantitative estimate of drug-likeness (QED) is 0.757. The topological polar surface area (TPSA) is 97.2 Å². The van der Waals surface area contributed by atoms with Crippen LogP contribution in [0.5, 0.6) is 5.75 Å². The van der Waals surface area contributed by atoms with Gasteiger partial charge in [0.2, 0.25) is 0 Å². The van der Waals surface area contributed by atoms with Crippen LogP contribution in [0, 0.1) is 25.2 Å². The Morgan fingerprint density at radius 1 is 1.33 bits per heavy atom. The number of fused-ring (bicyclic) bond motifs is 3. The van der Waals surface area contributed by atoms with E-state index >= 15 is 0 Å². The number of nitrogen functional groups attached to an aromatic ring is 1. The zero-order valence-electron chi connectivity index (χ0n) is 15.6. The Morgan fingerprint density at radius 3 is 2.74 bits per heavy atom. The van der Waals surface area contributed by atoms with Gasteiger partial charge in [-0.3, -0.25) is 14.3 Å². The molecule has 0 saturated carbocycles. The molecular formula is C20H19N5O2. The van der Waals surface area contributed by atoms with E-state index in [1.54, 1.807) is 29.8 Å². The number of hydrogen-bond donors (Lipinski definition) is 1. The van der Waals surface area contributed by atoms with Gasteiger partial charge in [0, 0.05) is 24.2 Å². The molecule has 1 aliphatic rings. The number of carbonyl (C=O) groups excluding carboxylic acids is 1. The van der Waals surface area contributed by atoms with Crippen molar-refractivity contribution in [3.63, 3.8) is 0 Å². The molecule has 0 atom stereocenters. The van der Waals surface area contributed by atoms with Gasteiger partial charge in [-0.05, 0) is 25.5 Å². The lowest BCUT2D eigenvalue weighted by Gasteiger charge is -2.18. The number of carbonyl (C=O) groups is 1. The van der Waals surface area contributed by atoms with E-state index in [2.05, 4.69) is 11.1 Å². The highest BCUT2D eigenvalue weighted by molar-refractivity contribution is 6.11. The molecule has 2 aromatic heterocycles. The van der Waals surface area contributed by atoms with E-state index in [1.165, 1.54) is 0 Å². The van der Waals surface area contributed by atoms with Crippen molar-refractivity contribution in [2.75, 3.05) is 19.9 Å². The lowest BCUT2D eigenvalue weighted by atomic mass is 10.1. The lowest BCUT2D eigenvalue weighted by molar-refractivity contribution is 0.0817. The fourth-order valence-electron chi connectivity index (χ4n) is 3.89. The number of nitrogens with zero attached hydrogens (tertiary/aromatic N) is 4. The maximum atomic E-state index is 12.8. The van der Waals surface area contributed by atoms with Crippen molar-refractivity contribution in [1.29, 1.82) is 5.26 Å². The highest BCUT2D eigenvalue weighted by atomic mass is 16.5. The summed E-state index contributed by atoms with van der Waals surface area (Å²) in [6.45, 7) is 4.34. The molecular weight excluding hydrogens is 342 g/mol. The fourth-order valence-corrected chi connectivity index (χ4v) is 3.89. The first kappa shape index (κ1) is 16.9. The maximum absolute atomic E-state index is 12.8. The number of aromatic nitrogens is 2. The van der Waals surface area contributed by atoms with E-state index in [0.29, 0.717) is 45.8 Å². The van der Waals surface area contributed by atoms with Gasteiger partial charge in [-0.2, -0.15) is 5.26 Å². The molecule has 0 spiro atoms. The summed E-state index contributed by atoms with van der Waals surface area (Å²) in [4.78, 5) is 18.8. The number of pyridine rings is 1. The summed E-state index contributed by atoms with van der Waals surface area (Å²) >= 11 is 0. The van der Waals surface area contributed by atoms with Crippen molar-refractivity contribution in [3.05, 3.63) is 46.3 Å². The molecule has 7 nitrogen and oxygen atoms in total. The van der Waals surface area contributed by atoms with Crippen molar-refractivity contribution in [1.82, 2.24) is 14.5 Å². The second-order valence-corrected chi connectivity index (χ2v) is 6.77. The largest absolute Gasteiger partial charge is 0.496 e. The second kappa shape index (κ2) is 5.74. The molecule has 3 heterocycles. The van der Waals surface area contributed by atoms with E-state index in [1.807, 2.05) is 26.0 Å². The first-order valence-corrected chi connectivity index (χ1v) is 8.52. The van der Waals surface area contributed by atoms with Crippen LogP contribution in [0.1, 0.15) is 32.7 Å². The van der Waals surface area contributed by atoms with Crippen LogP contribution in [0.15, 0.2) is 18.3 Å². The van der Waals surface area contributed by atoms with Gasteiger partial charge in [0.25, 0.3) is 5.91 Å². The number of hydrogen-bond acceptors (Lipinski definition) is 5. The van der Waals surface area contributed by atoms with Crippen LogP contribution in [0.25, 0.3) is 16.6 Å². The van der Waals surface area contributed by atoms with Crippen LogP contribution in [0.2, 0.25) is 0 Å². The monoisotopic (exact) mass is 361 g/mol. The predicted molar refractivity (Wildman–Crippen MR) is 102 cm³/mol. The Bertz CT molecular complexity index is 1170. The average Bonchev–Trinajstić information content (AvgIpc) is 3.09. The van der Waals surface area contributed by atoms with Crippen LogP contribution in [-0.4, -0.2) is 34.5 Å². The fraction of sp³-hybridized carbons (Fsp3) is 0.250. The van der Waals surface area contributed by atoms with Crippen molar-refractivity contribution >= 4 is 22.6 Å². The Labute approximate surface area is 156 Å².